The van der Waals surface area contributed by atoms with Crippen LogP contribution in [0.15, 0.2) is 23.8 Å². The van der Waals surface area contributed by atoms with Crippen LogP contribution < -0.4 is 0 Å². The van der Waals surface area contributed by atoms with Gasteiger partial charge >= 0.3 is 5.97 Å². The number of fused-ring (bicyclic) bond motifs is 5. The normalized spacial score (nSPS) is 49.6. The van der Waals surface area contributed by atoms with E-state index < -0.39 is 80.6 Å². The summed E-state index contributed by atoms with van der Waals surface area (Å²) in [6.45, 7) is 6.83. The fourth-order valence-corrected chi connectivity index (χ4v) is 9.36. The van der Waals surface area contributed by atoms with Crippen molar-refractivity contribution in [1.82, 2.24) is 0 Å². The molecule has 1 unspecified atom stereocenters. The van der Waals surface area contributed by atoms with Gasteiger partial charge in [0.25, 0.3) is 0 Å². The number of aliphatic hydroxyl groups is 1. The van der Waals surface area contributed by atoms with Gasteiger partial charge in [0.1, 0.15) is 12.2 Å². The molecule has 0 radical (unpaired) electrons. The van der Waals surface area contributed by atoms with Gasteiger partial charge in [-0.05, 0) is 81.4 Å². The van der Waals surface area contributed by atoms with Gasteiger partial charge in [0.15, 0.2) is 22.7 Å². The lowest BCUT2D eigenvalue weighted by Gasteiger charge is -2.63. The van der Waals surface area contributed by atoms with Gasteiger partial charge in [0.2, 0.25) is 5.12 Å². The Labute approximate surface area is 224 Å². The van der Waals surface area contributed by atoms with Crippen molar-refractivity contribution in [3.05, 3.63) is 23.8 Å². The van der Waals surface area contributed by atoms with E-state index in [9.17, 15) is 23.9 Å². The Hall–Kier alpha value is -1.65. The molecule has 0 amide bonds. The maximum atomic E-state index is 17.4. The number of allylic oxidation sites excluding steroid dienone is 4. The summed E-state index contributed by atoms with van der Waals surface area (Å²) >= 11 is 0.386. The van der Waals surface area contributed by atoms with Crippen LogP contribution in [0, 0.1) is 28.6 Å². The molecule has 5 rings (SSSR count). The number of alkyl halides is 3. The Morgan fingerprint density at radius 2 is 1.95 bits per heavy atom. The van der Waals surface area contributed by atoms with Gasteiger partial charge in [0, 0.05) is 29.3 Å². The number of esters is 1. The second kappa shape index (κ2) is 8.93. The number of aliphatic hydroxyl groups excluding tert-OH is 1. The summed E-state index contributed by atoms with van der Waals surface area (Å²) in [5.74, 6) is -3.55. The third kappa shape index (κ3) is 3.38. The fraction of sp³-hybridized carbons (Fsp3) is 0.750. The number of halogens is 3. The average Bonchev–Trinajstić information content (AvgIpc) is 3.39. The molecule has 1 heterocycles. The number of carbonyl (C=O) groups is 3. The lowest BCUT2D eigenvalue weighted by molar-refractivity contribution is -0.233. The van der Waals surface area contributed by atoms with E-state index in [2.05, 4.69) is 0 Å². The van der Waals surface area contributed by atoms with E-state index >= 15 is 8.78 Å². The molecule has 210 valence electrons. The number of thioether (sulfide) groups is 1. The molecule has 3 saturated carbocycles. The molecule has 6 nitrogen and oxygen atoms in total. The monoisotopic (exact) mass is 556 g/mol. The maximum Gasteiger partial charge on any atom is 0.339 e. The predicted octanol–water partition coefficient (Wildman–Crippen LogP) is 4.59. The van der Waals surface area contributed by atoms with Crippen LogP contribution in [-0.4, -0.2) is 63.7 Å². The Bertz CT molecular complexity index is 1120. The third-order valence-corrected chi connectivity index (χ3v) is 11.2. The Balaban J connectivity index is 1.62. The molecule has 5 aliphatic rings. The lowest BCUT2D eigenvalue weighted by Crippen LogP contribution is -2.71. The van der Waals surface area contributed by atoms with Crippen molar-refractivity contribution in [3.8, 4) is 0 Å². The van der Waals surface area contributed by atoms with Gasteiger partial charge < -0.3 is 14.6 Å². The van der Waals surface area contributed by atoms with Crippen molar-refractivity contribution in [1.29, 1.82) is 0 Å². The highest BCUT2D eigenvalue weighted by molar-refractivity contribution is 8.13. The molecule has 1 aliphatic heterocycles. The molecule has 0 spiro atoms. The quantitative estimate of drug-likeness (QED) is 0.507. The van der Waals surface area contributed by atoms with Crippen LogP contribution >= 0.6 is 11.8 Å². The first-order valence-electron chi connectivity index (χ1n) is 13.3. The van der Waals surface area contributed by atoms with Gasteiger partial charge in [-0.15, -0.1) is 0 Å². The first kappa shape index (κ1) is 27.9. The Kier molecular flexibility index (Phi) is 6.56. The molecule has 0 bridgehead atoms. The topological polar surface area (TPSA) is 89.9 Å². The maximum absolute atomic E-state index is 17.4. The molecule has 1 N–H and O–H groups in total. The van der Waals surface area contributed by atoms with Crippen molar-refractivity contribution >= 4 is 28.6 Å². The number of rotatable bonds is 4. The highest BCUT2D eigenvalue weighted by atomic mass is 32.2. The SMILES string of the molecule is C[C@@H]1C[C@H]2[C@@H]3C[C@H](F)C4=CC(=O)C=C[C@]4(C)C3(F)[C@@H](O)C[C@]2(C)[C@@]1(OC(=O)[C@]1(C)CCCO1)C(=O)SCF. The van der Waals surface area contributed by atoms with E-state index in [4.69, 9.17) is 9.47 Å². The van der Waals surface area contributed by atoms with Crippen LogP contribution in [-0.2, 0) is 23.9 Å². The molecular formula is C28H35F3O6S. The molecule has 0 aromatic heterocycles. The molecule has 1 saturated heterocycles. The standard InChI is InChI=1S/C28H35F3O6S/c1-15-10-17-18-12-20(30)19-11-16(32)6-8-24(19,2)27(18,31)21(33)13-25(17,3)28(15,23(35)38-14-29)37-22(34)26(4)7-5-9-36-26/h6,8,11,15,17-18,20-21,33H,5,7,9-10,12-14H2,1-4H3/t15-,17+,18+,20+,21+,24+,25+,26+,27?,28+/m1/s1. The lowest BCUT2D eigenvalue weighted by atomic mass is 9.44. The van der Waals surface area contributed by atoms with E-state index in [0.29, 0.717) is 31.2 Å². The molecule has 10 atom stereocenters. The van der Waals surface area contributed by atoms with E-state index in [1.165, 1.54) is 19.1 Å². The predicted molar refractivity (Wildman–Crippen MR) is 134 cm³/mol. The summed E-state index contributed by atoms with van der Waals surface area (Å²) in [4.78, 5) is 39.3. The van der Waals surface area contributed by atoms with Crippen LogP contribution in [0.2, 0.25) is 0 Å². The molecule has 10 heteroatoms. The van der Waals surface area contributed by atoms with Crippen LogP contribution in [0.1, 0.15) is 59.8 Å². The summed E-state index contributed by atoms with van der Waals surface area (Å²) in [6, 6.07) is -1.05. The zero-order valence-corrected chi connectivity index (χ0v) is 22.9. The summed E-state index contributed by atoms with van der Waals surface area (Å²) < 4.78 is 58.5. The smallest absolute Gasteiger partial charge is 0.339 e. The van der Waals surface area contributed by atoms with Gasteiger partial charge in [-0.2, -0.15) is 0 Å². The highest BCUT2D eigenvalue weighted by Gasteiger charge is 2.78. The number of ether oxygens (including phenoxy) is 2. The van der Waals surface area contributed by atoms with Gasteiger partial charge in [-0.1, -0.05) is 19.9 Å². The molecule has 4 fully saturated rings. The Morgan fingerprint density at radius 1 is 1.24 bits per heavy atom. The zero-order valence-electron chi connectivity index (χ0n) is 22.1. The van der Waals surface area contributed by atoms with Crippen molar-refractivity contribution in [3.63, 3.8) is 0 Å². The summed E-state index contributed by atoms with van der Waals surface area (Å²) in [5.41, 5.74) is -8.35. The summed E-state index contributed by atoms with van der Waals surface area (Å²) in [5, 5.41) is 10.9. The fourth-order valence-electron chi connectivity index (χ4n) is 8.57. The van der Waals surface area contributed by atoms with E-state index in [1.807, 2.05) is 0 Å². The first-order chi connectivity index (χ1) is 17.7. The number of carbonyl (C=O) groups excluding carboxylic acids is 3. The number of hydrogen-bond donors (Lipinski definition) is 1. The van der Waals surface area contributed by atoms with Gasteiger partial charge in [0.05, 0.1) is 6.10 Å². The molecule has 4 aliphatic carbocycles. The third-order valence-electron chi connectivity index (χ3n) is 10.6. The summed E-state index contributed by atoms with van der Waals surface area (Å²) in [6.07, 6.45) is 1.05. The Morgan fingerprint density at radius 3 is 2.58 bits per heavy atom. The minimum absolute atomic E-state index is 0.00510. The minimum atomic E-state index is -2.33. The molecule has 0 aromatic carbocycles. The summed E-state index contributed by atoms with van der Waals surface area (Å²) in [7, 11) is 0. The van der Waals surface area contributed by atoms with Crippen molar-refractivity contribution < 1.29 is 42.1 Å². The van der Waals surface area contributed by atoms with Gasteiger partial charge in [-0.25, -0.2) is 18.0 Å². The number of ketones is 1. The zero-order chi connectivity index (χ0) is 27.9. The van der Waals surface area contributed by atoms with Crippen molar-refractivity contribution in [2.24, 2.45) is 28.6 Å². The number of hydrogen-bond acceptors (Lipinski definition) is 7. The highest BCUT2D eigenvalue weighted by Crippen LogP contribution is 2.72. The van der Waals surface area contributed by atoms with Crippen LogP contribution in [0.3, 0.4) is 0 Å². The average molecular weight is 557 g/mol. The second-order valence-electron chi connectivity index (χ2n) is 12.3. The first-order valence-corrected chi connectivity index (χ1v) is 14.3. The van der Waals surface area contributed by atoms with Crippen molar-refractivity contribution in [2.75, 3.05) is 12.6 Å². The van der Waals surface area contributed by atoms with E-state index in [0.717, 1.165) is 6.08 Å². The van der Waals surface area contributed by atoms with Crippen LogP contribution in [0.25, 0.3) is 0 Å². The van der Waals surface area contributed by atoms with E-state index in [-0.39, 0.29) is 24.8 Å². The largest absolute Gasteiger partial charge is 0.447 e. The molecular weight excluding hydrogens is 521 g/mol. The minimum Gasteiger partial charge on any atom is -0.447 e. The van der Waals surface area contributed by atoms with E-state index in [1.54, 1.807) is 20.8 Å². The van der Waals surface area contributed by atoms with Crippen LogP contribution in [0.4, 0.5) is 13.2 Å². The molecule has 0 aromatic rings. The van der Waals surface area contributed by atoms with Gasteiger partial charge in [-0.3, -0.25) is 9.59 Å². The molecule has 38 heavy (non-hydrogen) atoms. The van der Waals surface area contributed by atoms with Crippen LogP contribution in [0.5, 0.6) is 0 Å². The van der Waals surface area contributed by atoms with Crippen molar-refractivity contribution in [2.45, 2.75) is 88.9 Å². The second-order valence-corrected chi connectivity index (χ2v) is 13.2.